The summed E-state index contributed by atoms with van der Waals surface area (Å²) in [5.41, 5.74) is 2.14. The molecule has 0 fully saturated rings. The van der Waals surface area contributed by atoms with Crippen molar-refractivity contribution in [1.29, 1.82) is 0 Å². The highest BCUT2D eigenvalue weighted by Crippen LogP contribution is 2.23. The average molecular weight is 447 g/mol. The number of nitrogens with one attached hydrogen (secondary N) is 1. The number of benzene rings is 3. The number of hydrogen-bond acceptors (Lipinski definition) is 5. The van der Waals surface area contributed by atoms with E-state index in [1.807, 2.05) is 66.9 Å². The molecule has 4 aromatic rings. The number of aliphatic carboxylic acids is 1. The van der Waals surface area contributed by atoms with Gasteiger partial charge in [0.1, 0.15) is 18.4 Å². The van der Waals surface area contributed by atoms with E-state index in [0.29, 0.717) is 17.9 Å². The molecule has 1 amide bonds. The molecule has 4 rings (SSSR count). The first-order chi connectivity index (χ1) is 15.5. The van der Waals surface area contributed by atoms with E-state index >= 15 is 0 Å². The molecule has 7 heteroatoms. The predicted octanol–water partition coefficient (Wildman–Crippen LogP) is 4.61. The second kappa shape index (κ2) is 9.62. The van der Waals surface area contributed by atoms with E-state index in [4.69, 9.17) is 4.74 Å². The fourth-order valence-electron chi connectivity index (χ4n) is 3.38. The molecule has 1 unspecified atom stereocenters. The van der Waals surface area contributed by atoms with Crippen LogP contribution in [0.25, 0.3) is 10.8 Å². The fraction of sp³-hybridized carbons (Fsp3) is 0.160. The smallest absolute Gasteiger partial charge is 0.326 e. The Kier molecular flexibility index (Phi) is 6.47. The maximum absolute atomic E-state index is 12.7. The van der Waals surface area contributed by atoms with Crippen LogP contribution >= 0.6 is 11.3 Å². The minimum absolute atomic E-state index is 0.217. The second-order valence-electron chi connectivity index (χ2n) is 7.42. The lowest BCUT2D eigenvalue weighted by Gasteiger charge is -2.15. The maximum atomic E-state index is 12.7. The molecule has 0 aliphatic heterocycles. The Balaban J connectivity index is 1.45. The van der Waals surface area contributed by atoms with Crippen LogP contribution in [-0.2, 0) is 17.8 Å². The lowest BCUT2D eigenvalue weighted by Crippen LogP contribution is -2.42. The van der Waals surface area contributed by atoms with E-state index in [1.54, 1.807) is 23.5 Å². The van der Waals surface area contributed by atoms with E-state index in [-0.39, 0.29) is 6.42 Å². The number of carboxylic acid groups (broad SMARTS) is 1. The fourth-order valence-corrected chi connectivity index (χ4v) is 3.98. The van der Waals surface area contributed by atoms with Crippen LogP contribution in [0.5, 0.6) is 5.75 Å². The number of rotatable bonds is 8. The average Bonchev–Trinajstić information content (AvgIpc) is 3.22. The van der Waals surface area contributed by atoms with Gasteiger partial charge >= 0.3 is 5.97 Å². The van der Waals surface area contributed by atoms with E-state index in [0.717, 1.165) is 27.0 Å². The van der Waals surface area contributed by atoms with Crippen LogP contribution in [0.3, 0.4) is 0 Å². The molecular weight excluding hydrogens is 424 g/mol. The third-order valence-electron chi connectivity index (χ3n) is 5.01. The third-order valence-corrected chi connectivity index (χ3v) is 5.84. The molecule has 0 spiro atoms. The zero-order valence-corrected chi connectivity index (χ0v) is 18.3. The number of nitrogens with zero attached hydrogens (tertiary/aromatic N) is 1. The van der Waals surface area contributed by atoms with Gasteiger partial charge in [-0.2, -0.15) is 0 Å². The molecule has 32 heavy (non-hydrogen) atoms. The van der Waals surface area contributed by atoms with Crippen LogP contribution in [0.1, 0.15) is 26.6 Å². The number of aromatic nitrogens is 1. The van der Waals surface area contributed by atoms with Crippen LogP contribution in [0.15, 0.2) is 72.1 Å². The van der Waals surface area contributed by atoms with Gasteiger partial charge in [-0.3, -0.25) is 4.79 Å². The normalized spacial score (nSPS) is 11.8. The van der Waals surface area contributed by atoms with Gasteiger partial charge in [-0.25, -0.2) is 9.78 Å². The van der Waals surface area contributed by atoms with E-state index in [2.05, 4.69) is 10.3 Å². The van der Waals surface area contributed by atoms with Gasteiger partial charge in [0.05, 0.1) is 10.7 Å². The quantitative estimate of drug-likeness (QED) is 0.413. The van der Waals surface area contributed by atoms with Crippen LogP contribution in [0.4, 0.5) is 0 Å². The summed E-state index contributed by atoms with van der Waals surface area (Å²) in [7, 11) is 0. The molecule has 0 saturated heterocycles. The number of fused-ring (bicyclic) bond motifs is 1. The molecule has 1 heterocycles. The molecule has 3 aromatic carbocycles. The first-order valence-corrected chi connectivity index (χ1v) is 11.0. The molecule has 162 valence electrons. The summed E-state index contributed by atoms with van der Waals surface area (Å²) in [5, 5.41) is 16.9. The summed E-state index contributed by atoms with van der Waals surface area (Å²) in [5.74, 6) is -0.774. The molecule has 0 bridgehead atoms. The van der Waals surface area contributed by atoms with Crippen molar-refractivity contribution in [2.45, 2.75) is 26.0 Å². The zero-order valence-electron chi connectivity index (χ0n) is 17.4. The van der Waals surface area contributed by atoms with E-state index in [9.17, 15) is 14.7 Å². The number of carbonyl (C=O) groups is 2. The summed E-state index contributed by atoms with van der Waals surface area (Å²) >= 11 is 1.59. The molecule has 0 saturated carbocycles. The SMILES string of the molecule is Cc1nc(COc2ccc3cc(C(=O)NC(Cc4ccccc4)C(=O)O)ccc3c2)cs1. The molecule has 2 N–H and O–H groups in total. The molecule has 0 radical (unpaired) electrons. The topological polar surface area (TPSA) is 88.5 Å². The van der Waals surface area contributed by atoms with Crippen LogP contribution in [-0.4, -0.2) is 28.0 Å². The van der Waals surface area contributed by atoms with E-state index < -0.39 is 17.9 Å². The number of carbonyl (C=O) groups excluding carboxylic acids is 1. The summed E-state index contributed by atoms with van der Waals surface area (Å²) in [6.07, 6.45) is 0.217. The lowest BCUT2D eigenvalue weighted by atomic mass is 10.0. The van der Waals surface area contributed by atoms with Crippen LogP contribution < -0.4 is 10.1 Å². The van der Waals surface area contributed by atoms with Crippen LogP contribution in [0.2, 0.25) is 0 Å². The first-order valence-electron chi connectivity index (χ1n) is 10.1. The number of aryl methyl sites for hydroxylation is 1. The number of thiazole rings is 1. The van der Waals surface area contributed by atoms with Crippen molar-refractivity contribution in [1.82, 2.24) is 10.3 Å². The molecule has 1 aromatic heterocycles. The van der Waals surface area contributed by atoms with E-state index in [1.165, 1.54) is 0 Å². The van der Waals surface area contributed by atoms with Crippen molar-refractivity contribution in [3.05, 3.63) is 93.9 Å². The highest BCUT2D eigenvalue weighted by atomic mass is 32.1. The Morgan fingerprint density at radius 1 is 1.06 bits per heavy atom. The second-order valence-corrected chi connectivity index (χ2v) is 8.49. The first kappa shape index (κ1) is 21.5. The van der Waals surface area contributed by atoms with Crippen molar-refractivity contribution in [2.75, 3.05) is 0 Å². The van der Waals surface area contributed by atoms with Crippen molar-refractivity contribution >= 4 is 34.0 Å². The molecule has 1 atom stereocenters. The van der Waals surface area contributed by atoms with Gasteiger partial charge in [0.25, 0.3) is 5.91 Å². The lowest BCUT2D eigenvalue weighted by molar-refractivity contribution is -0.139. The van der Waals surface area contributed by atoms with Gasteiger partial charge in [-0.05, 0) is 47.5 Å². The Morgan fingerprint density at radius 3 is 2.53 bits per heavy atom. The Hall–Kier alpha value is -3.71. The van der Waals surface area contributed by atoms with Crippen molar-refractivity contribution in [3.63, 3.8) is 0 Å². The summed E-state index contributed by atoms with van der Waals surface area (Å²) < 4.78 is 5.83. The highest BCUT2D eigenvalue weighted by Gasteiger charge is 2.21. The van der Waals surface area contributed by atoms with Crippen molar-refractivity contribution < 1.29 is 19.4 Å². The number of hydrogen-bond donors (Lipinski definition) is 2. The van der Waals surface area contributed by atoms with Gasteiger partial charge in [-0.1, -0.05) is 42.5 Å². The number of ether oxygens (including phenoxy) is 1. The maximum Gasteiger partial charge on any atom is 0.326 e. The largest absolute Gasteiger partial charge is 0.487 e. The van der Waals surface area contributed by atoms with Gasteiger partial charge in [-0.15, -0.1) is 11.3 Å². The summed E-state index contributed by atoms with van der Waals surface area (Å²) in [6.45, 7) is 2.35. The number of amides is 1. The molecular formula is C25H22N2O4S. The third kappa shape index (κ3) is 5.31. The Labute approximate surface area is 189 Å². The predicted molar refractivity (Wildman–Crippen MR) is 124 cm³/mol. The van der Waals surface area contributed by atoms with Crippen molar-refractivity contribution in [2.24, 2.45) is 0 Å². The van der Waals surface area contributed by atoms with Crippen molar-refractivity contribution in [3.8, 4) is 5.75 Å². The molecule has 6 nitrogen and oxygen atoms in total. The summed E-state index contributed by atoms with van der Waals surface area (Å²) in [4.78, 5) is 28.8. The minimum atomic E-state index is -1.07. The van der Waals surface area contributed by atoms with Gasteiger partial charge in [0.2, 0.25) is 0 Å². The van der Waals surface area contributed by atoms with Gasteiger partial charge in [0, 0.05) is 17.4 Å². The van der Waals surface area contributed by atoms with Gasteiger partial charge < -0.3 is 15.2 Å². The minimum Gasteiger partial charge on any atom is -0.487 e. The standard InChI is InChI=1S/C25H22N2O4S/c1-16-26-21(15-32-16)14-31-22-10-9-18-12-20(8-7-19(18)13-22)24(28)27-23(25(29)30)11-17-5-3-2-4-6-17/h2-10,12-13,15,23H,11,14H2,1H3,(H,27,28)(H,29,30). The van der Waals surface area contributed by atoms with Gasteiger partial charge in [0.15, 0.2) is 0 Å². The zero-order chi connectivity index (χ0) is 22.5. The molecule has 0 aliphatic rings. The number of carboxylic acids is 1. The van der Waals surface area contributed by atoms with Crippen LogP contribution in [0, 0.1) is 6.92 Å². The monoisotopic (exact) mass is 446 g/mol. The Bertz CT molecular complexity index is 1250. The Morgan fingerprint density at radius 2 is 1.81 bits per heavy atom. The highest BCUT2D eigenvalue weighted by molar-refractivity contribution is 7.09. The molecule has 0 aliphatic carbocycles. The summed E-state index contributed by atoms with van der Waals surface area (Å²) in [6, 6.07) is 19.1.